The van der Waals surface area contributed by atoms with E-state index < -0.39 is 0 Å². The molecule has 0 unspecified atom stereocenters. The monoisotopic (exact) mass is 114 g/mol. The van der Waals surface area contributed by atoms with Gasteiger partial charge in [0.25, 0.3) is 0 Å². The third-order valence-electron chi connectivity index (χ3n) is 1.40. The summed E-state index contributed by atoms with van der Waals surface area (Å²) in [5.41, 5.74) is 0. The van der Waals surface area contributed by atoms with Gasteiger partial charge >= 0.3 is 0 Å². The normalized spacial score (nSPS) is 30.4. The predicted molar refractivity (Wildman–Crippen MR) is 32.6 cm³/mol. The topological polar surface area (TPSA) is 21.3 Å². The molecule has 0 bridgehead atoms. The Morgan fingerprint density at radius 3 is 3.00 bits per heavy atom. The van der Waals surface area contributed by atoms with E-state index in [1.807, 2.05) is 0 Å². The summed E-state index contributed by atoms with van der Waals surface area (Å²) >= 11 is 0. The maximum absolute atomic E-state index is 5.07. The van der Waals surface area contributed by atoms with Crippen LogP contribution in [0.5, 0.6) is 0 Å². The van der Waals surface area contributed by atoms with Gasteiger partial charge < -0.3 is 10.1 Å². The summed E-state index contributed by atoms with van der Waals surface area (Å²) in [5, 5.41) is 3.23. The van der Waals surface area contributed by atoms with Gasteiger partial charge in [-0.1, -0.05) is 0 Å². The van der Waals surface area contributed by atoms with Crippen LogP contribution in [-0.2, 0) is 4.74 Å². The van der Waals surface area contributed by atoms with E-state index in [0.29, 0.717) is 6.10 Å². The molecular formula is C6H12NO. The molecule has 1 heterocycles. The zero-order chi connectivity index (χ0) is 5.82. The zero-order valence-electron chi connectivity index (χ0n) is 5.18. The molecule has 8 heavy (non-hydrogen) atoms. The molecule has 2 nitrogen and oxygen atoms in total. The first-order valence-corrected chi connectivity index (χ1v) is 3.00. The Hall–Kier alpha value is -0.0800. The van der Waals surface area contributed by atoms with Crippen LogP contribution in [0.1, 0.15) is 6.42 Å². The van der Waals surface area contributed by atoms with Gasteiger partial charge in [0, 0.05) is 13.7 Å². The molecule has 0 saturated carbocycles. The third-order valence-corrected chi connectivity index (χ3v) is 1.40. The predicted octanol–water partition coefficient (Wildman–Crippen LogP) is 0.199. The maximum Gasteiger partial charge on any atom is 0.0727 e. The third kappa shape index (κ3) is 1.46. The Balaban J connectivity index is 2.13. The molecule has 0 spiro atoms. The Morgan fingerprint density at radius 2 is 2.62 bits per heavy atom. The molecule has 2 heteroatoms. The highest BCUT2D eigenvalue weighted by Crippen LogP contribution is 2.01. The molecule has 1 aliphatic heterocycles. The number of piperidine rings is 1. The summed E-state index contributed by atoms with van der Waals surface area (Å²) in [6.07, 6.45) is 3.69. The van der Waals surface area contributed by atoms with Crippen LogP contribution in [-0.4, -0.2) is 26.3 Å². The van der Waals surface area contributed by atoms with E-state index in [-0.39, 0.29) is 0 Å². The first-order valence-electron chi connectivity index (χ1n) is 3.00. The molecule has 47 valence electrons. The summed E-state index contributed by atoms with van der Waals surface area (Å²) < 4.78 is 5.07. The second kappa shape index (κ2) is 3.05. The molecule has 1 aliphatic rings. The fourth-order valence-electron chi connectivity index (χ4n) is 0.879. The minimum absolute atomic E-state index is 0.351. The Bertz CT molecular complexity index is 59.5. The summed E-state index contributed by atoms with van der Waals surface area (Å²) in [4.78, 5) is 0. The highest BCUT2D eigenvalue weighted by molar-refractivity contribution is 4.83. The Morgan fingerprint density at radius 1 is 1.75 bits per heavy atom. The van der Waals surface area contributed by atoms with Gasteiger partial charge in [0.05, 0.1) is 6.10 Å². The highest BCUT2D eigenvalue weighted by atomic mass is 16.5. The quantitative estimate of drug-likeness (QED) is 0.525. The van der Waals surface area contributed by atoms with Crippen molar-refractivity contribution in [3.63, 3.8) is 0 Å². The Kier molecular flexibility index (Phi) is 2.30. The number of rotatable bonds is 1. The molecule has 1 atom stereocenters. The van der Waals surface area contributed by atoms with Gasteiger partial charge in [0.2, 0.25) is 0 Å². The largest absolute Gasteiger partial charge is 0.380 e. The van der Waals surface area contributed by atoms with Crippen molar-refractivity contribution in [2.45, 2.75) is 12.5 Å². The molecule has 1 rings (SSSR count). The summed E-state index contributed by atoms with van der Waals surface area (Å²) in [7, 11) is 1.74. The fourth-order valence-corrected chi connectivity index (χ4v) is 0.879. The van der Waals surface area contributed by atoms with Crippen LogP contribution in [0.25, 0.3) is 0 Å². The molecule has 0 aliphatic carbocycles. The first kappa shape index (κ1) is 6.05. The van der Waals surface area contributed by atoms with Crippen molar-refractivity contribution >= 4 is 0 Å². The van der Waals surface area contributed by atoms with Crippen LogP contribution >= 0.6 is 0 Å². The highest BCUT2D eigenvalue weighted by Gasteiger charge is 2.10. The van der Waals surface area contributed by atoms with Gasteiger partial charge in [0.1, 0.15) is 0 Å². The molecule has 1 fully saturated rings. The van der Waals surface area contributed by atoms with Gasteiger partial charge in [-0.3, -0.25) is 0 Å². The van der Waals surface area contributed by atoms with Crippen molar-refractivity contribution in [1.29, 1.82) is 0 Å². The van der Waals surface area contributed by atoms with Crippen LogP contribution in [0.4, 0.5) is 0 Å². The number of ether oxygens (including phenoxy) is 1. The van der Waals surface area contributed by atoms with Crippen LogP contribution in [0.2, 0.25) is 0 Å². The molecule has 1 N–H and O–H groups in total. The van der Waals surface area contributed by atoms with Crippen molar-refractivity contribution in [2.24, 2.45) is 0 Å². The van der Waals surface area contributed by atoms with Gasteiger partial charge in [-0.15, -0.1) is 0 Å². The minimum atomic E-state index is 0.351. The minimum Gasteiger partial charge on any atom is -0.380 e. The van der Waals surface area contributed by atoms with E-state index in [9.17, 15) is 0 Å². The lowest BCUT2D eigenvalue weighted by Gasteiger charge is -2.20. The van der Waals surface area contributed by atoms with Gasteiger partial charge in [0.15, 0.2) is 0 Å². The number of methoxy groups -OCH3 is 1. The van der Waals surface area contributed by atoms with E-state index in [1.165, 1.54) is 0 Å². The second-order valence-electron chi connectivity index (χ2n) is 2.00. The summed E-state index contributed by atoms with van der Waals surface area (Å²) in [6, 6.07) is 0. The molecular weight excluding hydrogens is 102 g/mol. The van der Waals surface area contributed by atoms with Crippen LogP contribution in [0, 0.1) is 6.42 Å². The maximum atomic E-state index is 5.07. The summed E-state index contributed by atoms with van der Waals surface area (Å²) in [5.74, 6) is 0. The molecule has 0 amide bonds. The standard InChI is InChI=1S/C6H12NO/c1-8-6-3-2-4-7-5-6/h3,6-7H,2,4-5H2,1H3/t6-/m0/s1. The van der Waals surface area contributed by atoms with E-state index in [0.717, 1.165) is 19.5 Å². The second-order valence-corrected chi connectivity index (χ2v) is 2.00. The van der Waals surface area contributed by atoms with Crippen LogP contribution in [0.15, 0.2) is 0 Å². The van der Waals surface area contributed by atoms with Crippen molar-refractivity contribution in [2.75, 3.05) is 20.2 Å². The van der Waals surface area contributed by atoms with Crippen molar-refractivity contribution in [1.82, 2.24) is 5.32 Å². The average molecular weight is 114 g/mol. The lowest BCUT2D eigenvalue weighted by atomic mass is 10.1. The van der Waals surface area contributed by atoms with Crippen molar-refractivity contribution in [3.8, 4) is 0 Å². The van der Waals surface area contributed by atoms with E-state index in [2.05, 4.69) is 11.7 Å². The Labute approximate surface area is 50.2 Å². The van der Waals surface area contributed by atoms with Gasteiger partial charge in [-0.2, -0.15) is 0 Å². The lowest BCUT2D eigenvalue weighted by Crippen LogP contribution is -2.35. The SMILES string of the molecule is CO[C@H]1[CH]CCNC1. The first-order chi connectivity index (χ1) is 3.93. The number of hydrogen-bond acceptors (Lipinski definition) is 2. The van der Waals surface area contributed by atoms with Gasteiger partial charge in [-0.05, 0) is 19.4 Å². The van der Waals surface area contributed by atoms with Crippen molar-refractivity contribution < 1.29 is 4.74 Å². The molecule has 1 radical (unpaired) electrons. The van der Waals surface area contributed by atoms with Gasteiger partial charge in [-0.25, -0.2) is 0 Å². The van der Waals surface area contributed by atoms with Crippen molar-refractivity contribution in [3.05, 3.63) is 6.42 Å². The number of hydrogen-bond donors (Lipinski definition) is 1. The summed E-state index contributed by atoms with van der Waals surface area (Å²) in [6.45, 7) is 2.09. The zero-order valence-corrected chi connectivity index (χ0v) is 5.18. The van der Waals surface area contributed by atoms with E-state index in [1.54, 1.807) is 7.11 Å². The lowest BCUT2D eigenvalue weighted by molar-refractivity contribution is 0.115. The van der Waals surface area contributed by atoms with Crippen LogP contribution in [0.3, 0.4) is 0 Å². The molecule has 0 aromatic rings. The smallest absolute Gasteiger partial charge is 0.0727 e. The van der Waals surface area contributed by atoms with E-state index >= 15 is 0 Å². The van der Waals surface area contributed by atoms with Crippen LogP contribution < -0.4 is 5.32 Å². The fraction of sp³-hybridized carbons (Fsp3) is 0.833. The van der Waals surface area contributed by atoms with E-state index in [4.69, 9.17) is 4.74 Å². The molecule has 1 saturated heterocycles. The molecule has 0 aromatic heterocycles. The molecule has 0 aromatic carbocycles. The number of nitrogens with one attached hydrogen (secondary N) is 1. The average Bonchev–Trinajstić information content (AvgIpc) is 1.90.